The zero-order valence-electron chi connectivity index (χ0n) is 12.2. The lowest BCUT2D eigenvalue weighted by Gasteiger charge is -2.00. The first-order valence-electron chi connectivity index (χ1n) is 6.56. The molecule has 0 radical (unpaired) electrons. The number of ether oxygens (including phenoxy) is 3. The van der Waals surface area contributed by atoms with Crippen LogP contribution in [0.2, 0.25) is 5.02 Å². The minimum Gasteiger partial charge on any atom is -0.466 e. The first-order chi connectivity index (χ1) is 11.6. The van der Waals surface area contributed by atoms with E-state index in [-0.39, 0.29) is 16.9 Å². The van der Waals surface area contributed by atoms with E-state index in [1.807, 2.05) is 0 Å². The zero-order chi connectivity index (χ0) is 17.1. The highest BCUT2D eigenvalue weighted by molar-refractivity contribution is 8.18. The Kier molecular flexibility index (Phi) is 4.72. The number of methoxy groups -OCH3 is 1. The highest BCUT2D eigenvalue weighted by Crippen LogP contribution is 2.39. The molecule has 0 spiro atoms. The van der Waals surface area contributed by atoms with Gasteiger partial charge in [0, 0.05) is 11.6 Å². The van der Waals surface area contributed by atoms with Gasteiger partial charge in [-0.3, -0.25) is 10.1 Å². The van der Waals surface area contributed by atoms with Gasteiger partial charge in [-0.25, -0.2) is 4.79 Å². The third-order valence-electron chi connectivity index (χ3n) is 2.91. The van der Waals surface area contributed by atoms with E-state index >= 15 is 0 Å². The zero-order valence-corrected chi connectivity index (χ0v) is 13.8. The van der Waals surface area contributed by atoms with Crippen molar-refractivity contribution >= 4 is 46.6 Å². The molecule has 1 amide bonds. The van der Waals surface area contributed by atoms with E-state index in [1.165, 1.54) is 13.3 Å². The van der Waals surface area contributed by atoms with E-state index in [0.717, 1.165) is 17.8 Å². The van der Waals surface area contributed by atoms with Crippen LogP contribution in [-0.4, -0.2) is 37.2 Å². The Morgan fingerprint density at radius 2 is 2.29 bits per heavy atom. The summed E-state index contributed by atoms with van der Waals surface area (Å²) in [5.74, 6) is -0.0300. The van der Waals surface area contributed by atoms with Crippen molar-refractivity contribution in [3.63, 3.8) is 0 Å². The predicted molar refractivity (Wildman–Crippen MR) is 88.4 cm³/mol. The molecule has 2 heterocycles. The maximum absolute atomic E-state index is 11.7. The molecular formula is C14H10ClN3O5S. The van der Waals surface area contributed by atoms with Crippen LogP contribution in [0, 0.1) is 0 Å². The largest absolute Gasteiger partial charge is 0.466 e. The van der Waals surface area contributed by atoms with Gasteiger partial charge in [-0.1, -0.05) is 11.6 Å². The molecule has 0 saturated carbocycles. The molecule has 2 aliphatic rings. The third-order valence-corrected chi connectivity index (χ3v) is 4.09. The molecule has 10 heteroatoms. The molecule has 1 N–H and O–H groups in total. The first kappa shape index (κ1) is 16.3. The van der Waals surface area contributed by atoms with E-state index < -0.39 is 11.9 Å². The summed E-state index contributed by atoms with van der Waals surface area (Å²) in [5, 5.41) is 10.9. The molecule has 0 atom stereocenters. The van der Waals surface area contributed by atoms with Crippen LogP contribution in [0.3, 0.4) is 0 Å². The monoisotopic (exact) mass is 367 g/mol. The minimum absolute atomic E-state index is 0.121. The Morgan fingerprint density at radius 3 is 3.08 bits per heavy atom. The maximum Gasteiger partial charge on any atom is 0.331 e. The van der Waals surface area contributed by atoms with Crippen LogP contribution < -0.4 is 14.8 Å². The molecule has 1 aromatic rings. The van der Waals surface area contributed by atoms with Crippen molar-refractivity contribution in [2.24, 2.45) is 10.2 Å². The second kappa shape index (κ2) is 6.93. The van der Waals surface area contributed by atoms with Gasteiger partial charge in [0.2, 0.25) is 6.79 Å². The van der Waals surface area contributed by atoms with Crippen LogP contribution in [0.5, 0.6) is 11.5 Å². The topological polar surface area (TPSA) is 98.6 Å². The summed E-state index contributed by atoms with van der Waals surface area (Å²) in [7, 11) is 1.23. The van der Waals surface area contributed by atoms with Crippen LogP contribution in [0.1, 0.15) is 5.56 Å². The molecule has 1 aromatic carbocycles. The van der Waals surface area contributed by atoms with Crippen LogP contribution in [-0.2, 0) is 14.3 Å². The van der Waals surface area contributed by atoms with E-state index in [1.54, 1.807) is 12.1 Å². The second-order valence-corrected chi connectivity index (χ2v) is 5.91. The number of nitrogens with zero attached hydrogens (tertiary/aromatic N) is 2. The SMILES string of the molecule is COC(=O)/C=C1/S/C(=N\N=Cc2cc(Cl)c3c(c2)OCO3)NC1=O. The van der Waals surface area contributed by atoms with Gasteiger partial charge in [0.25, 0.3) is 5.91 Å². The van der Waals surface area contributed by atoms with Gasteiger partial charge in [-0.15, -0.1) is 5.10 Å². The van der Waals surface area contributed by atoms with Crippen molar-refractivity contribution < 1.29 is 23.8 Å². The molecule has 0 bridgehead atoms. The maximum atomic E-state index is 11.7. The number of thioether (sulfide) groups is 1. The number of rotatable bonds is 3. The van der Waals surface area contributed by atoms with Gasteiger partial charge in [-0.05, 0) is 23.9 Å². The highest BCUT2D eigenvalue weighted by atomic mass is 35.5. The molecule has 8 nitrogen and oxygen atoms in total. The normalized spacial score (nSPS) is 19.3. The molecule has 2 aliphatic heterocycles. The van der Waals surface area contributed by atoms with Crippen molar-refractivity contribution in [3.05, 3.63) is 33.7 Å². The van der Waals surface area contributed by atoms with Gasteiger partial charge in [0.05, 0.1) is 23.3 Å². The van der Waals surface area contributed by atoms with Crippen molar-refractivity contribution in [2.75, 3.05) is 13.9 Å². The minimum atomic E-state index is -0.618. The smallest absolute Gasteiger partial charge is 0.331 e. The van der Waals surface area contributed by atoms with Crippen molar-refractivity contribution in [1.29, 1.82) is 0 Å². The van der Waals surface area contributed by atoms with E-state index in [2.05, 4.69) is 20.3 Å². The van der Waals surface area contributed by atoms with E-state index in [4.69, 9.17) is 21.1 Å². The quantitative estimate of drug-likeness (QED) is 0.378. The molecule has 0 aromatic heterocycles. The molecule has 0 unspecified atom stereocenters. The number of amides is 1. The molecule has 1 fully saturated rings. The third kappa shape index (κ3) is 3.52. The fraction of sp³-hybridized carbons (Fsp3) is 0.143. The lowest BCUT2D eigenvalue weighted by atomic mass is 10.2. The lowest BCUT2D eigenvalue weighted by Crippen LogP contribution is -2.19. The van der Waals surface area contributed by atoms with E-state index in [9.17, 15) is 9.59 Å². The summed E-state index contributed by atoms with van der Waals surface area (Å²) in [6.45, 7) is 0.121. The molecule has 0 aliphatic carbocycles. The Morgan fingerprint density at radius 1 is 1.46 bits per heavy atom. The summed E-state index contributed by atoms with van der Waals surface area (Å²) in [5.41, 5.74) is 0.660. The lowest BCUT2D eigenvalue weighted by molar-refractivity contribution is -0.135. The summed E-state index contributed by atoms with van der Waals surface area (Å²) in [6, 6.07) is 3.36. The Hall–Kier alpha value is -2.52. The molecule has 3 rings (SSSR count). The summed E-state index contributed by atoms with van der Waals surface area (Å²) >= 11 is 7.05. The van der Waals surface area contributed by atoms with Gasteiger partial charge in [-0.2, -0.15) is 5.10 Å². The number of benzene rings is 1. The Bertz CT molecular complexity index is 806. The van der Waals surface area contributed by atoms with Crippen molar-refractivity contribution in [1.82, 2.24) is 5.32 Å². The van der Waals surface area contributed by atoms with Gasteiger partial charge in [0.15, 0.2) is 16.7 Å². The van der Waals surface area contributed by atoms with Gasteiger partial charge >= 0.3 is 5.97 Å². The number of carbonyl (C=O) groups is 2. The standard InChI is InChI=1S/C14H10ClN3O5S/c1-21-11(19)4-10-13(20)17-14(24-10)18-16-5-7-2-8(15)12-9(3-7)22-6-23-12/h2-5H,6H2,1H3,(H,17,18,20)/b10-4+,16-5?. The number of halogens is 1. The molecule has 24 heavy (non-hydrogen) atoms. The Labute approximate surface area is 145 Å². The number of nitrogens with one attached hydrogen (secondary N) is 1. The molecule has 124 valence electrons. The number of amidine groups is 1. The summed E-state index contributed by atoms with van der Waals surface area (Å²) in [6.07, 6.45) is 2.54. The van der Waals surface area contributed by atoms with Crippen LogP contribution in [0.25, 0.3) is 0 Å². The number of hydrogen-bond donors (Lipinski definition) is 1. The van der Waals surface area contributed by atoms with E-state index in [0.29, 0.717) is 22.1 Å². The average Bonchev–Trinajstić information content (AvgIpc) is 3.15. The fourth-order valence-electron chi connectivity index (χ4n) is 1.85. The summed E-state index contributed by atoms with van der Waals surface area (Å²) in [4.78, 5) is 23.0. The predicted octanol–water partition coefficient (Wildman–Crippen LogP) is 1.68. The van der Waals surface area contributed by atoms with Crippen molar-refractivity contribution in [2.45, 2.75) is 0 Å². The van der Waals surface area contributed by atoms with Crippen LogP contribution in [0.4, 0.5) is 0 Å². The second-order valence-electron chi connectivity index (χ2n) is 4.47. The Balaban J connectivity index is 1.71. The number of carbonyl (C=O) groups excluding carboxylic acids is 2. The molecular weight excluding hydrogens is 358 g/mol. The van der Waals surface area contributed by atoms with Crippen molar-refractivity contribution in [3.8, 4) is 11.5 Å². The van der Waals surface area contributed by atoms with Gasteiger partial charge in [0.1, 0.15) is 0 Å². The first-order valence-corrected chi connectivity index (χ1v) is 7.75. The highest BCUT2D eigenvalue weighted by Gasteiger charge is 2.25. The number of esters is 1. The fourth-order valence-corrected chi connectivity index (χ4v) is 2.86. The van der Waals surface area contributed by atoms with Crippen LogP contribution in [0.15, 0.2) is 33.3 Å². The number of fused-ring (bicyclic) bond motifs is 1. The summed E-state index contributed by atoms with van der Waals surface area (Å²) < 4.78 is 14.9. The molecule has 1 saturated heterocycles. The average molecular weight is 368 g/mol. The van der Waals surface area contributed by atoms with Gasteiger partial charge < -0.3 is 14.2 Å². The number of hydrogen-bond acceptors (Lipinski definition) is 8. The van der Waals surface area contributed by atoms with Crippen LogP contribution >= 0.6 is 23.4 Å².